The van der Waals surface area contributed by atoms with Crippen molar-refractivity contribution in [3.63, 3.8) is 0 Å². The molecular weight excluding hydrogens is 374 g/mol. The van der Waals surface area contributed by atoms with Crippen molar-refractivity contribution in [3.05, 3.63) is 29.8 Å². The minimum absolute atomic E-state index is 0.0664. The number of nitrogens with zero attached hydrogens (tertiary/aromatic N) is 1. The summed E-state index contributed by atoms with van der Waals surface area (Å²) in [7, 11) is 0. The highest BCUT2D eigenvalue weighted by Gasteiger charge is 2.31. The summed E-state index contributed by atoms with van der Waals surface area (Å²) in [5.41, 5.74) is -0.109. The molecule has 0 aromatic heterocycles. The SMILES string of the molecule is CCCN(C(=O)CNC(=O)OC(C)(C)C)C(C(=O)NC(C)C)c1ccc(O)cc1. The zero-order valence-corrected chi connectivity index (χ0v) is 18.1. The lowest BCUT2D eigenvalue weighted by atomic mass is 10.0. The monoisotopic (exact) mass is 407 g/mol. The Labute approximate surface area is 172 Å². The van der Waals surface area contributed by atoms with Gasteiger partial charge in [-0.25, -0.2) is 4.79 Å². The van der Waals surface area contributed by atoms with Gasteiger partial charge < -0.3 is 25.4 Å². The maximum Gasteiger partial charge on any atom is 0.408 e. The number of amides is 3. The van der Waals surface area contributed by atoms with Crippen LogP contribution in [0.5, 0.6) is 5.75 Å². The van der Waals surface area contributed by atoms with Gasteiger partial charge in [-0.2, -0.15) is 0 Å². The predicted octanol–water partition coefficient (Wildman–Crippen LogP) is 2.72. The summed E-state index contributed by atoms with van der Waals surface area (Å²) in [4.78, 5) is 39.1. The number of carbonyl (C=O) groups excluding carboxylic acids is 3. The highest BCUT2D eigenvalue weighted by atomic mass is 16.6. The molecule has 29 heavy (non-hydrogen) atoms. The van der Waals surface area contributed by atoms with Gasteiger partial charge in [0.05, 0.1) is 0 Å². The summed E-state index contributed by atoms with van der Waals surface area (Å²) in [5, 5.41) is 14.9. The molecular formula is C21H33N3O5. The summed E-state index contributed by atoms with van der Waals surface area (Å²) < 4.78 is 5.16. The van der Waals surface area contributed by atoms with Crippen LogP contribution in [0.1, 0.15) is 59.6 Å². The molecule has 0 aliphatic heterocycles. The summed E-state index contributed by atoms with van der Waals surface area (Å²) in [6.07, 6.45) is -0.0723. The minimum atomic E-state index is -0.883. The number of nitrogens with one attached hydrogen (secondary N) is 2. The fraction of sp³-hybridized carbons (Fsp3) is 0.571. The van der Waals surface area contributed by atoms with Crippen LogP contribution in [0, 0.1) is 0 Å². The van der Waals surface area contributed by atoms with Gasteiger partial charge in [0, 0.05) is 12.6 Å². The molecule has 0 fully saturated rings. The smallest absolute Gasteiger partial charge is 0.408 e. The molecule has 0 aliphatic rings. The largest absolute Gasteiger partial charge is 0.508 e. The van der Waals surface area contributed by atoms with Gasteiger partial charge in [-0.3, -0.25) is 9.59 Å². The molecule has 8 nitrogen and oxygen atoms in total. The summed E-state index contributed by atoms with van der Waals surface area (Å²) >= 11 is 0. The summed E-state index contributed by atoms with van der Waals surface area (Å²) in [6.45, 7) is 10.8. The number of phenolic OH excluding ortho intramolecular Hbond substituents is 1. The summed E-state index contributed by atoms with van der Waals surface area (Å²) in [6, 6.07) is 5.16. The van der Waals surface area contributed by atoms with Crippen LogP contribution in [0.3, 0.4) is 0 Å². The zero-order valence-electron chi connectivity index (χ0n) is 18.1. The molecule has 0 heterocycles. The first kappa shape index (κ1) is 24.3. The third kappa shape index (κ3) is 8.41. The van der Waals surface area contributed by atoms with Gasteiger partial charge in [0.1, 0.15) is 23.9 Å². The Kier molecular flexibility index (Phi) is 8.94. The predicted molar refractivity (Wildman–Crippen MR) is 110 cm³/mol. The van der Waals surface area contributed by atoms with Crippen molar-refractivity contribution in [2.75, 3.05) is 13.1 Å². The van der Waals surface area contributed by atoms with Gasteiger partial charge in [0.15, 0.2) is 0 Å². The lowest BCUT2D eigenvalue weighted by Gasteiger charge is -2.32. The molecule has 1 rings (SSSR count). The number of hydrogen-bond donors (Lipinski definition) is 3. The molecule has 0 spiro atoms. The molecule has 0 aliphatic carbocycles. The van der Waals surface area contributed by atoms with Crippen molar-refractivity contribution < 1.29 is 24.2 Å². The van der Waals surface area contributed by atoms with E-state index in [9.17, 15) is 19.5 Å². The van der Waals surface area contributed by atoms with Crippen molar-refractivity contribution in [3.8, 4) is 5.75 Å². The van der Waals surface area contributed by atoms with E-state index in [0.717, 1.165) is 0 Å². The molecule has 1 atom stereocenters. The fourth-order valence-corrected chi connectivity index (χ4v) is 2.70. The number of rotatable bonds is 8. The van der Waals surface area contributed by atoms with E-state index in [1.54, 1.807) is 32.9 Å². The maximum absolute atomic E-state index is 12.9. The summed E-state index contributed by atoms with van der Waals surface area (Å²) in [5.74, 6) is -0.670. The average molecular weight is 408 g/mol. The van der Waals surface area contributed by atoms with E-state index in [1.807, 2.05) is 20.8 Å². The van der Waals surface area contributed by atoms with Crippen molar-refractivity contribution in [2.24, 2.45) is 0 Å². The third-order valence-electron chi connectivity index (χ3n) is 3.77. The number of benzene rings is 1. The van der Waals surface area contributed by atoms with Gasteiger partial charge in [-0.1, -0.05) is 19.1 Å². The van der Waals surface area contributed by atoms with Crippen LogP contribution in [-0.4, -0.2) is 52.6 Å². The molecule has 1 aromatic carbocycles. The van der Waals surface area contributed by atoms with E-state index in [1.165, 1.54) is 17.0 Å². The second kappa shape index (κ2) is 10.7. The second-order valence-electron chi connectivity index (χ2n) is 8.10. The van der Waals surface area contributed by atoms with Crippen LogP contribution in [-0.2, 0) is 14.3 Å². The van der Waals surface area contributed by atoms with Gasteiger partial charge in [0.2, 0.25) is 11.8 Å². The van der Waals surface area contributed by atoms with E-state index < -0.39 is 23.6 Å². The Bertz CT molecular complexity index is 695. The van der Waals surface area contributed by atoms with Crippen LogP contribution in [0.25, 0.3) is 0 Å². The van der Waals surface area contributed by atoms with Crippen molar-refractivity contribution in [2.45, 2.75) is 65.6 Å². The van der Waals surface area contributed by atoms with Crippen LogP contribution in [0.4, 0.5) is 4.79 Å². The first-order valence-corrected chi connectivity index (χ1v) is 9.80. The van der Waals surface area contributed by atoms with Crippen molar-refractivity contribution in [1.29, 1.82) is 0 Å². The topological polar surface area (TPSA) is 108 Å². The lowest BCUT2D eigenvalue weighted by Crippen LogP contribution is -2.49. The fourth-order valence-electron chi connectivity index (χ4n) is 2.70. The quantitative estimate of drug-likeness (QED) is 0.614. The Hall–Kier alpha value is -2.77. The van der Waals surface area contributed by atoms with Crippen LogP contribution >= 0.6 is 0 Å². The van der Waals surface area contributed by atoms with E-state index in [-0.39, 0.29) is 24.2 Å². The van der Waals surface area contributed by atoms with Gasteiger partial charge in [0.25, 0.3) is 0 Å². The standard InChI is InChI=1S/C21H33N3O5/c1-7-12-24(17(26)13-22-20(28)29-21(4,5)6)18(19(27)23-14(2)3)15-8-10-16(25)11-9-15/h8-11,14,18,25H,7,12-13H2,1-6H3,(H,22,28)(H,23,27). The zero-order chi connectivity index (χ0) is 22.2. The second-order valence-corrected chi connectivity index (χ2v) is 8.10. The number of alkyl carbamates (subject to hydrolysis) is 1. The molecule has 0 saturated heterocycles. The Balaban J connectivity index is 3.08. The molecule has 3 N–H and O–H groups in total. The Morgan fingerprint density at radius 1 is 1.14 bits per heavy atom. The van der Waals surface area contributed by atoms with Crippen molar-refractivity contribution in [1.82, 2.24) is 15.5 Å². The molecule has 0 saturated carbocycles. The molecule has 1 unspecified atom stereocenters. The van der Waals surface area contributed by atoms with E-state index in [0.29, 0.717) is 18.5 Å². The number of carbonyl (C=O) groups is 3. The van der Waals surface area contributed by atoms with E-state index >= 15 is 0 Å². The lowest BCUT2D eigenvalue weighted by molar-refractivity contribution is -0.140. The average Bonchev–Trinajstić information content (AvgIpc) is 2.58. The minimum Gasteiger partial charge on any atom is -0.508 e. The normalized spacial score (nSPS) is 12.2. The first-order valence-electron chi connectivity index (χ1n) is 9.80. The van der Waals surface area contributed by atoms with Gasteiger partial charge >= 0.3 is 6.09 Å². The van der Waals surface area contributed by atoms with Crippen molar-refractivity contribution >= 4 is 17.9 Å². The molecule has 3 amide bonds. The number of phenols is 1. The van der Waals surface area contributed by atoms with Crippen LogP contribution in [0.15, 0.2) is 24.3 Å². The molecule has 0 radical (unpaired) electrons. The van der Waals surface area contributed by atoms with Crippen LogP contribution in [0.2, 0.25) is 0 Å². The first-order chi connectivity index (χ1) is 13.4. The Morgan fingerprint density at radius 3 is 2.21 bits per heavy atom. The highest BCUT2D eigenvalue weighted by Crippen LogP contribution is 2.24. The molecule has 1 aromatic rings. The highest BCUT2D eigenvalue weighted by molar-refractivity contribution is 5.90. The Morgan fingerprint density at radius 2 is 1.72 bits per heavy atom. The third-order valence-corrected chi connectivity index (χ3v) is 3.77. The molecule has 0 bridgehead atoms. The number of hydrogen-bond acceptors (Lipinski definition) is 5. The van der Waals surface area contributed by atoms with E-state index in [2.05, 4.69) is 10.6 Å². The molecule has 162 valence electrons. The van der Waals surface area contributed by atoms with E-state index in [4.69, 9.17) is 4.74 Å². The number of aromatic hydroxyl groups is 1. The van der Waals surface area contributed by atoms with Gasteiger partial charge in [-0.15, -0.1) is 0 Å². The van der Waals surface area contributed by atoms with Crippen LogP contribution < -0.4 is 10.6 Å². The molecule has 8 heteroatoms. The van der Waals surface area contributed by atoms with Gasteiger partial charge in [-0.05, 0) is 58.7 Å². The number of ether oxygens (including phenoxy) is 1. The maximum atomic E-state index is 12.9.